The quantitative estimate of drug-likeness (QED) is 0.0643. The summed E-state index contributed by atoms with van der Waals surface area (Å²) in [5, 5.41) is 4.03. The van der Waals surface area contributed by atoms with E-state index in [0.717, 1.165) is 21.5 Å². The van der Waals surface area contributed by atoms with Crippen LogP contribution in [0.5, 0.6) is 0 Å². The first-order valence-electron chi connectivity index (χ1n) is 17.1. The number of alkyl halides is 6. The predicted molar refractivity (Wildman–Crippen MR) is 222 cm³/mol. The van der Waals surface area contributed by atoms with E-state index < -0.39 is 41.1 Å². The van der Waals surface area contributed by atoms with Crippen LogP contribution in [-0.2, 0) is 9.59 Å². The molecular weight excluding hydrogens is 952 g/mol. The van der Waals surface area contributed by atoms with Gasteiger partial charge in [-0.25, -0.2) is 21.8 Å². The predicted octanol–water partition coefficient (Wildman–Crippen LogP) is 10.3. The molecular formula is C35H27Cl7F3N7O4S2. The summed E-state index contributed by atoms with van der Waals surface area (Å²) in [7, 11) is 0. The highest BCUT2D eigenvalue weighted by molar-refractivity contribution is 8.03. The maximum Gasteiger partial charge on any atom is 0.271 e. The molecule has 0 N–H and O–H groups in total. The van der Waals surface area contributed by atoms with Crippen molar-refractivity contribution in [2.75, 3.05) is 18.0 Å². The number of anilines is 1. The minimum Gasteiger partial charge on any atom is -0.356 e. The van der Waals surface area contributed by atoms with Crippen molar-refractivity contribution in [2.45, 2.75) is 38.9 Å². The normalized spacial score (nSPS) is 19.6. The molecule has 2 aromatic heterocycles. The molecule has 5 heterocycles. The molecule has 11 nitrogen and oxygen atoms in total. The van der Waals surface area contributed by atoms with E-state index in [2.05, 4.69) is 22.0 Å². The molecule has 2 aromatic carbocycles. The van der Waals surface area contributed by atoms with Crippen molar-refractivity contribution in [3.05, 3.63) is 88.6 Å². The van der Waals surface area contributed by atoms with Crippen LogP contribution in [0.15, 0.2) is 54.9 Å². The van der Waals surface area contributed by atoms with E-state index in [1.807, 2.05) is 17.1 Å². The highest BCUT2D eigenvalue weighted by Crippen LogP contribution is 2.47. The number of carbonyl (C=O) groups is 4. The zero-order valence-corrected chi connectivity index (χ0v) is 36.5. The number of rotatable bonds is 4. The van der Waals surface area contributed by atoms with Gasteiger partial charge in [0.25, 0.3) is 23.8 Å². The average Bonchev–Trinajstić information content (AvgIpc) is 3.78. The van der Waals surface area contributed by atoms with E-state index in [9.17, 15) is 32.3 Å². The monoisotopic (exact) mass is 975 g/mol. The number of fused-ring (bicyclic) bond motifs is 3. The molecule has 8 rings (SSSR count). The second-order valence-corrected chi connectivity index (χ2v) is 21.7. The highest BCUT2D eigenvalue weighted by Gasteiger charge is 2.50. The number of hydrogen-bond donors (Lipinski definition) is 0. The summed E-state index contributed by atoms with van der Waals surface area (Å²) in [6.07, 6.45) is 8.15. The first-order valence-corrected chi connectivity index (χ1v) is 21.3. The van der Waals surface area contributed by atoms with Crippen LogP contribution < -0.4 is 4.90 Å². The molecule has 308 valence electrons. The standard InChI is InChI=1S/C17H15ClF3N5.C9H8Cl3NO2S.C9H4Cl3NO2S/c1-9-2-4-25(5-3-9)16-14(13-11(20)6-10(19)7-12(13)21)15(18)24-17-22-8-23-26(16)17;2*10-9(11,12)16-13-7(14)5-3-1-2-4-6(5)8(13)15/h6-9H,2-5H2,1H3;1-2,5-6H,3-4H2;1-4H. The molecule has 3 aliphatic heterocycles. The van der Waals surface area contributed by atoms with Crippen LogP contribution in [0.4, 0.5) is 19.0 Å². The molecule has 0 bridgehead atoms. The largest absolute Gasteiger partial charge is 0.356 e. The Kier molecular flexibility index (Phi) is 14.0. The third kappa shape index (κ3) is 9.92. The van der Waals surface area contributed by atoms with Crippen LogP contribution in [0.3, 0.4) is 0 Å². The van der Waals surface area contributed by atoms with Gasteiger partial charge >= 0.3 is 0 Å². The van der Waals surface area contributed by atoms with Crippen LogP contribution in [-0.4, -0.2) is 71.2 Å². The number of amides is 4. The van der Waals surface area contributed by atoms with Crippen molar-refractivity contribution in [3.8, 4) is 11.1 Å². The molecule has 2 fully saturated rings. The fourth-order valence-corrected chi connectivity index (χ4v) is 9.35. The molecule has 2 saturated heterocycles. The Balaban J connectivity index is 0.000000154. The Morgan fingerprint density at radius 1 is 0.759 bits per heavy atom. The number of allylic oxidation sites excluding steroid dienone is 2. The van der Waals surface area contributed by atoms with Crippen LogP contribution in [0.1, 0.15) is 53.3 Å². The van der Waals surface area contributed by atoms with E-state index in [1.54, 1.807) is 24.3 Å². The van der Waals surface area contributed by atoms with Gasteiger partial charge in [-0.2, -0.15) is 19.6 Å². The second-order valence-electron chi connectivity index (χ2n) is 13.1. The van der Waals surface area contributed by atoms with Gasteiger partial charge in [0.1, 0.15) is 34.7 Å². The summed E-state index contributed by atoms with van der Waals surface area (Å²) in [4.78, 5) is 57.5. The van der Waals surface area contributed by atoms with Crippen LogP contribution in [0.2, 0.25) is 5.15 Å². The van der Waals surface area contributed by atoms with Gasteiger partial charge in [-0.15, -0.1) is 0 Å². The third-order valence-electron chi connectivity index (χ3n) is 9.31. The molecule has 0 spiro atoms. The lowest BCUT2D eigenvalue weighted by Crippen LogP contribution is -2.35. The van der Waals surface area contributed by atoms with Crippen molar-refractivity contribution in [3.63, 3.8) is 0 Å². The minimum absolute atomic E-state index is 0.0502. The number of halogens is 10. The molecule has 2 atom stereocenters. The van der Waals surface area contributed by atoms with Gasteiger partial charge in [-0.05, 0) is 43.7 Å². The number of hydrogen-bond acceptors (Lipinski definition) is 10. The van der Waals surface area contributed by atoms with E-state index >= 15 is 0 Å². The maximum atomic E-state index is 14.5. The Hall–Kier alpha value is -2.67. The lowest BCUT2D eigenvalue weighted by molar-refractivity contribution is -0.133. The van der Waals surface area contributed by atoms with Gasteiger partial charge in [0.2, 0.25) is 11.8 Å². The van der Waals surface area contributed by atoms with E-state index in [1.165, 1.54) is 10.8 Å². The number of piperidine rings is 1. The first kappa shape index (κ1) is 44.9. The fraction of sp³-hybridized carbons (Fsp3) is 0.343. The Bertz CT molecular complexity index is 2220. The van der Waals surface area contributed by atoms with Gasteiger partial charge in [-0.1, -0.05) is 112 Å². The number of benzene rings is 2. The summed E-state index contributed by atoms with van der Waals surface area (Å²) in [5.74, 6) is -3.88. The SMILES string of the molecule is CC1CCN(c2c(-c3c(F)cc(F)cc3F)c(Cl)nc3ncnn23)CC1.O=C1C2CC=CCC2C(=O)N1SC(Cl)(Cl)Cl.O=C1c2ccccc2C(=O)N1SC(Cl)(Cl)Cl. The van der Waals surface area contributed by atoms with Crippen molar-refractivity contribution in [2.24, 2.45) is 17.8 Å². The molecule has 4 aromatic rings. The summed E-state index contributed by atoms with van der Waals surface area (Å²) in [6.45, 7) is 3.50. The van der Waals surface area contributed by atoms with Gasteiger partial charge in [0.15, 0.2) is 0 Å². The Labute approximate surface area is 372 Å². The van der Waals surface area contributed by atoms with E-state index in [-0.39, 0.29) is 40.1 Å². The van der Waals surface area contributed by atoms with Gasteiger partial charge in [0.05, 0.1) is 34.1 Å². The maximum absolute atomic E-state index is 14.5. The number of carbonyl (C=O) groups excluding carboxylic acids is 4. The molecule has 58 heavy (non-hydrogen) atoms. The minimum atomic E-state index is -1.74. The molecule has 23 heteroatoms. The van der Waals surface area contributed by atoms with E-state index in [4.69, 9.17) is 81.2 Å². The summed E-state index contributed by atoms with van der Waals surface area (Å²) in [6, 6.07) is 7.73. The summed E-state index contributed by atoms with van der Waals surface area (Å²) in [5.41, 5.74) is 0.285. The number of imide groups is 2. The van der Waals surface area contributed by atoms with Gasteiger partial charge < -0.3 is 4.90 Å². The molecule has 0 saturated carbocycles. The zero-order valence-electron chi connectivity index (χ0n) is 29.5. The summed E-state index contributed by atoms with van der Waals surface area (Å²) >= 11 is 40.8. The fourth-order valence-electron chi connectivity index (χ4n) is 6.63. The van der Waals surface area contributed by atoms with Crippen LogP contribution >= 0.6 is 105 Å². The summed E-state index contributed by atoms with van der Waals surface area (Å²) < 4.78 is 42.2. The zero-order chi connectivity index (χ0) is 42.3. The number of aromatic nitrogens is 4. The smallest absolute Gasteiger partial charge is 0.271 e. The first-order chi connectivity index (χ1) is 27.3. The van der Waals surface area contributed by atoms with Crippen LogP contribution in [0, 0.1) is 35.2 Å². The third-order valence-corrected chi connectivity index (χ3v) is 12.3. The molecule has 4 aliphatic rings. The van der Waals surface area contributed by atoms with Crippen LogP contribution in [0.25, 0.3) is 16.9 Å². The second kappa shape index (κ2) is 18.1. The van der Waals surface area contributed by atoms with Crippen molar-refractivity contribution < 1.29 is 32.3 Å². The van der Waals surface area contributed by atoms with Crippen molar-refractivity contribution in [1.29, 1.82) is 0 Å². The number of nitrogens with zero attached hydrogens (tertiary/aromatic N) is 7. The molecule has 2 unspecified atom stereocenters. The lowest BCUT2D eigenvalue weighted by Gasteiger charge is -2.33. The highest BCUT2D eigenvalue weighted by atomic mass is 35.6. The topological polar surface area (TPSA) is 121 Å². The van der Waals surface area contributed by atoms with Crippen molar-refractivity contribution >= 4 is 140 Å². The Morgan fingerprint density at radius 2 is 1.26 bits per heavy atom. The lowest BCUT2D eigenvalue weighted by atomic mass is 9.85. The molecule has 0 radical (unpaired) electrons. The van der Waals surface area contributed by atoms with E-state index in [0.29, 0.717) is 84.8 Å². The molecule has 1 aliphatic carbocycles. The van der Waals surface area contributed by atoms with Gasteiger partial charge in [-0.3, -0.25) is 19.2 Å². The van der Waals surface area contributed by atoms with Crippen molar-refractivity contribution in [1.82, 2.24) is 28.2 Å². The average molecular weight is 979 g/mol. The van der Waals surface area contributed by atoms with Gasteiger partial charge in [0, 0.05) is 49.1 Å². The Morgan fingerprint density at radius 3 is 1.76 bits per heavy atom. The molecule has 4 amide bonds.